The average molecular weight is 349 g/mol. The molecule has 3 aromatic rings. The van der Waals surface area contributed by atoms with Crippen LogP contribution in [0.2, 0.25) is 0 Å². The highest BCUT2D eigenvalue weighted by atomic mass is 15.3. The first-order valence-electron chi connectivity index (χ1n) is 9.33. The Balaban J connectivity index is 1.30. The predicted octanol–water partition coefficient (Wildman–Crippen LogP) is 2.25. The van der Waals surface area contributed by atoms with E-state index in [1.165, 1.54) is 19.3 Å². The minimum Gasteiger partial charge on any atom is -0.315 e. The molecule has 134 valence electrons. The standard InChI is InChI=1S/C19H23N7/c20-11-15-7-8-17-22-13-16(26(17)14-15)12-21-9-4-6-19-24-23-18-5-2-1-3-10-25(18)19/h7-8,13-14,21H,1-6,9-10,12H2. The normalized spacial score (nSPS) is 14.1. The fraction of sp³-hybridized carbons (Fsp3) is 0.474. The summed E-state index contributed by atoms with van der Waals surface area (Å²) in [4.78, 5) is 4.38. The second kappa shape index (κ2) is 7.67. The Kier molecular flexibility index (Phi) is 4.93. The van der Waals surface area contributed by atoms with E-state index >= 15 is 0 Å². The maximum Gasteiger partial charge on any atom is 0.137 e. The number of aromatic nitrogens is 5. The molecular formula is C19H23N7. The van der Waals surface area contributed by atoms with Gasteiger partial charge >= 0.3 is 0 Å². The SMILES string of the molecule is N#Cc1ccc2ncc(CNCCCc3nnc4n3CCCCC4)n2c1. The fourth-order valence-corrected chi connectivity index (χ4v) is 3.55. The number of fused-ring (bicyclic) bond motifs is 2. The van der Waals surface area contributed by atoms with Crippen molar-refractivity contribution >= 4 is 5.65 Å². The maximum atomic E-state index is 9.05. The molecule has 0 atom stereocenters. The Labute approximate surface area is 152 Å². The first-order chi connectivity index (χ1) is 12.8. The molecule has 0 saturated carbocycles. The number of hydrogen-bond acceptors (Lipinski definition) is 5. The molecule has 0 amide bonds. The summed E-state index contributed by atoms with van der Waals surface area (Å²) in [6.45, 7) is 2.70. The number of pyridine rings is 1. The lowest BCUT2D eigenvalue weighted by atomic mass is 10.2. The van der Waals surface area contributed by atoms with Gasteiger partial charge in [0.25, 0.3) is 0 Å². The van der Waals surface area contributed by atoms with E-state index in [0.717, 1.165) is 61.9 Å². The van der Waals surface area contributed by atoms with Crippen LogP contribution in [0.3, 0.4) is 0 Å². The van der Waals surface area contributed by atoms with Crippen molar-refractivity contribution in [2.24, 2.45) is 0 Å². The fourth-order valence-electron chi connectivity index (χ4n) is 3.55. The van der Waals surface area contributed by atoms with E-state index in [0.29, 0.717) is 5.56 Å². The minimum absolute atomic E-state index is 0.643. The summed E-state index contributed by atoms with van der Waals surface area (Å²) < 4.78 is 4.30. The van der Waals surface area contributed by atoms with Crippen LogP contribution in [-0.4, -0.2) is 30.7 Å². The van der Waals surface area contributed by atoms with E-state index in [-0.39, 0.29) is 0 Å². The van der Waals surface area contributed by atoms with Crippen molar-refractivity contribution in [2.45, 2.75) is 51.6 Å². The molecule has 0 unspecified atom stereocenters. The third-order valence-corrected chi connectivity index (χ3v) is 4.96. The van der Waals surface area contributed by atoms with E-state index < -0.39 is 0 Å². The van der Waals surface area contributed by atoms with E-state index in [1.807, 2.05) is 22.9 Å². The topological polar surface area (TPSA) is 83.8 Å². The smallest absolute Gasteiger partial charge is 0.137 e. The Morgan fingerprint density at radius 2 is 2.15 bits per heavy atom. The van der Waals surface area contributed by atoms with Crippen LogP contribution in [0.5, 0.6) is 0 Å². The molecule has 0 aliphatic carbocycles. The summed E-state index contributed by atoms with van der Waals surface area (Å²) in [5, 5.41) is 21.3. The van der Waals surface area contributed by atoms with Crippen LogP contribution < -0.4 is 5.32 Å². The van der Waals surface area contributed by atoms with E-state index in [1.54, 1.807) is 6.07 Å². The molecule has 0 aromatic carbocycles. The highest BCUT2D eigenvalue weighted by Crippen LogP contribution is 2.15. The number of nitriles is 1. The van der Waals surface area contributed by atoms with E-state index in [2.05, 4.69) is 31.1 Å². The first-order valence-corrected chi connectivity index (χ1v) is 9.33. The molecule has 0 bridgehead atoms. The summed E-state index contributed by atoms with van der Waals surface area (Å²) >= 11 is 0. The molecule has 26 heavy (non-hydrogen) atoms. The Hall–Kier alpha value is -2.72. The lowest BCUT2D eigenvalue weighted by Gasteiger charge is -2.08. The Morgan fingerprint density at radius 1 is 1.19 bits per heavy atom. The molecule has 0 spiro atoms. The lowest BCUT2D eigenvalue weighted by Crippen LogP contribution is -2.17. The summed E-state index contributed by atoms with van der Waals surface area (Å²) in [6.07, 6.45) is 10.5. The molecule has 1 N–H and O–H groups in total. The van der Waals surface area contributed by atoms with Crippen LogP contribution in [0.25, 0.3) is 5.65 Å². The number of rotatable bonds is 6. The zero-order chi connectivity index (χ0) is 17.8. The summed E-state index contributed by atoms with van der Waals surface area (Å²) in [5.74, 6) is 2.28. The number of nitrogens with one attached hydrogen (secondary N) is 1. The molecule has 7 heteroatoms. The van der Waals surface area contributed by atoms with E-state index in [4.69, 9.17) is 5.26 Å². The first kappa shape index (κ1) is 16.7. The molecule has 4 heterocycles. The van der Waals surface area contributed by atoms with Gasteiger partial charge in [-0.3, -0.25) is 0 Å². The molecule has 0 radical (unpaired) electrons. The van der Waals surface area contributed by atoms with Crippen LogP contribution in [0, 0.1) is 11.3 Å². The molecule has 1 aliphatic heterocycles. The third-order valence-electron chi connectivity index (χ3n) is 4.96. The van der Waals surface area contributed by atoms with Crippen molar-refractivity contribution in [3.8, 4) is 6.07 Å². The van der Waals surface area contributed by atoms with Gasteiger partial charge in [-0.05, 0) is 37.9 Å². The third kappa shape index (κ3) is 3.46. The van der Waals surface area contributed by atoms with Gasteiger partial charge in [-0.1, -0.05) is 6.42 Å². The van der Waals surface area contributed by atoms with Crippen LogP contribution >= 0.6 is 0 Å². The zero-order valence-corrected chi connectivity index (χ0v) is 14.9. The van der Waals surface area contributed by atoms with Crippen molar-refractivity contribution < 1.29 is 0 Å². The zero-order valence-electron chi connectivity index (χ0n) is 14.9. The number of hydrogen-bond donors (Lipinski definition) is 1. The van der Waals surface area contributed by atoms with Crippen molar-refractivity contribution in [2.75, 3.05) is 6.54 Å². The largest absolute Gasteiger partial charge is 0.315 e. The van der Waals surface area contributed by atoms with Crippen LogP contribution in [-0.2, 0) is 25.9 Å². The van der Waals surface area contributed by atoms with Crippen molar-refractivity contribution in [3.63, 3.8) is 0 Å². The van der Waals surface area contributed by atoms with Gasteiger partial charge in [0.15, 0.2) is 0 Å². The second-order valence-corrected chi connectivity index (χ2v) is 6.78. The molecule has 7 nitrogen and oxygen atoms in total. The van der Waals surface area contributed by atoms with Gasteiger partial charge in [0.1, 0.15) is 23.4 Å². The molecule has 0 saturated heterocycles. The molecule has 0 fully saturated rings. The Morgan fingerprint density at radius 3 is 3.08 bits per heavy atom. The van der Waals surface area contributed by atoms with Gasteiger partial charge < -0.3 is 14.3 Å². The van der Waals surface area contributed by atoms with Gasteiger partial charge in [-0.2, -0.15) is 5.26 Å². The van der Waals surface area contributed by atoms with Gasteiger partial charge in [0.05, 0.1) is 17.5 Å². The van der Waals surface area contributed by atoms with Gasteiger partial charge in [0, 0.05) is 32.1 Å². The number of nitrogens with zero attached hydrogens (tertiary/aromatic N) is 6. The summed E-state index contributed by atoms with van der Waals surface area (Å²) in [5.41, 5.74) is 2.57. The van der Waals surface area contributed by atoms with E-state index in [9.17, 15) is 0 Å². The highest BCUT2D eigenvalue weighted by Gasteiger charge is 2.14. The average Bonchev–Trinajstić information content (AvgIpc) is 3.17. The highest BCUT2D eigenvalue weighted by molar-refractivity contribution is 5.44. The Bertz CT molecular complexity index is 931. The van der Waals surface area contributed by atoms with Crippen molar-refractivity contribution in [1.29, 1.82) is 5.26 Å². The summed E-state index contributed by atoms with van der Waals surface area (Å²) in [6, 6.07) is 5.84. The number of imidazole rings is 1. The molecule has 4 rings (SSSR count). The monoisotopic (exact) mass is 349 g/mol. The quantitative estimate of drug-likeness (QED) is 0.690. The summed E-state index contributed by atoms with van der Waals surface area (Å²) in [7, 11) is 0. The van der Waals surface area contributed by atoms with Crippen LogP contribution in [0.1, 0.15) is 48.6 Å². The van der Waals surface area contributed by atoms with Crippen molar-refractivity contribution in [3.05, 3.63) is 47.4 Å². The maximum absolute atomic E-state index is 9.05. The minimum atomic E-state index is 0.643. The molecule has 1 aliphatic rings. The molecule has 3 aromatic heterocycles. The van der Waals surface area contributed by atoms with Gasteiger partial charge in [-0.25, -0.2) is 4.98 Å². The van der Waals surface area contributed by atoms with Crippen LogP contribution in [0.4, 0.5) is 0 Å². The second-order valence-electron chi connectivity index (χ2n) is 6.78. The lowest BCUT2D eigenvalue weighted by molar-refractivity contribution is 0.579. The van der Waals surface area contributed by atoms with Crippen molar-refractivity contribution in [1.82, 2.24) is 29.5 Å². The van der Waals surface area contributed by atoms with Gasteiger partial charge in [0.2, 0.25) is 0 Å². The predicted molar refractivity (Wildman–Crippen MR) is 97.5 cm³/mol. The van der Waals surface area contributed by atoms with Crippen LogP contribution in [0.15, 0.2) is 24.5 Å². The van der Waals surface area contributed by atoms with Gasteiger partial charge in [-0.15, -0.1) is 10.2 Å². The number of aryl methyl sites for hydroxylation is 2. The molecular weight excluding hydrogens is 326 g/mol.